The van der Waals surface area contributed by atoms with Gasteiger partial charge in [0.2, 0.25) is 5.91 Å². The fourth-order valence-electron chi connectivity index (χ4n) is 5.61. The molecule has 1 aromatic heterocycles. The van der Waals surface area contributed by atoms with Gasteiger partial charge in [-0.15, -0.1) is 11.3 Å². The SMILES string of the molecule is O=C(NCc1cscn1)C1CC2(c3ccccc3)NC1CCC2OCc1cc(C(F)(F)F)cc(C(F)(F)F)c1. The molecule has 208 valence electrons. The third kappa shape index (κ3) is 5.82. The number of carbonyl (C=O) groups excluding carboxylic acids is 1. The van der Waals surface area contributed by atoms with Crippen molar-refractivity contribution in [3.05, 3.63) is 87.4 Å². The van der Waals surface area contributed by atoms with Crippen LogP contribution in [-0.4, -0.2) is 23.0 Å². The van der Waals surface area contributed by atoms with E-state index in [2.05, 4.69) is 15.6 Å². The molecule has 2 saturated heterocycles. The standard InChI is InChI=1S/C27H25F6N3O2S/c28-26(29,30)18-8-16(9-19(10-18)27(31,32)33)13-38-23-7-6-22-21(24(37)34-12-20-14-39-15-35-20)11-25(23,36-22)17-4-2-1-3-5-17/h1-5,8-10,14-15,21-23,36H,6-7,11-13H2,(H,34,37). The van der Waals surface area contributed by atoms with Crippen LogP contribution >= 0.6 is 11.3 Å². The van der Waals surface area contributed by atoms with E-state index in [1.165, 1.54) is 11.3 Å². The zero-order chi connectivity index (χ0) is 27.8. The third-order valence-corrected chi connectivity index (χ3v) is 8.05. The number of amides is 1. The van der Waals surface area contributed by atoms with Crippen molar-refractivity contribution >= 4 is 17.2 Å². The molecule has 4 unspecified atom stereocenters. The first-order valence-corrected chi connectivity index (χ1v) is 13.3. The van der Waals surface area contributed by atoms with Crippen molar-refractivity contribution in [1.82, 2.24) is 15.6 Å². The summed E-state index contributed by atoms with van der Waals surface area (Å²) in [5, 5.41) is 8.32. The van der Waals surface area contributed by atoms with E-state index in [-0.39, 0.29) is 23.6 Å². The summed E-state index contributed by atoms with van der Waals surface area (Å²) in [6.45, 7) is -0.153. The second-order valence-corrected chi connectivity index (χ2v) is 10.6. The van der Waals surface area contributed by atoms with Crippen LogP contribution in [0.5, 0.6) is 0 Å². The van der Waals surface area contributed by atoms with Crippen molar-refractivity contribution in [1.29, 1.82) is 0 Å². The molecule has 1 amide bonds. The van der Waals surface area contributed by atoms with Crippen LogP contribution in [0.15, 0.2) is 59.4 Å². The number of hydrogen-bond donors (Lipinski definition) is 2. The van der Waals surface area contributed by atoms with E-state index in [4.69, 9.17) is 4.74 Å². The van der Waals surface area contributed by atoms with E-state index in [9.17, 15) is 31.1 Å². The Morgan fingerprint density at radius 3 is 2.36 bits per heavy atom. The van der Waals surface area contributed by atoms with Crippen LogP contribution in [0.4, 0.5) is 26.3 Å². The number of fused-ring (bicyclic) bond motifs is 2. The molecule has 3 heterocycles. The fraction of sp³-hybridized carbons (Fsp3) is 0.407. The molecular weight excluding hydrogens is 544 g/mol. The fourth-order valence-corrected chi connectivity index (χ4v) is 6.17. The van der Waals surface area contributed by atoms with Crippen molar-refractivity contribution < 1.29 is 35.9 Å². The van der Waals surface area contributed by atoms with Crippen LogP contribution in [0, 0.1) is 5.92 Å². The zero-order valence-corrected chi connectivity index (χ0v) is 21.3. The molecule has 12 heteroatoms. The van der Waals surface area contributed by atoms with Crippen LogP contribution in [0.1, 0.15) is 47.2 Å². The van der Waals surface area contributed by atoms with E-state index >= 15 is 0 Å². The maximum absolute atomic E-state index is 13.3. The number of aromatic nitrogens is 1. The lowest BCUT2D eigenvalue weighted by Gasteiger charge is -2.42. The number of nitrogens with one attached hydrogen (secondary N) is 2. The minimum Gasteiger partial charge on any atom is -0.371 e. The summed E-state index contributed by atoms with van der Waals surface area (Å²) in [4.78, 5) is 17.4. The Labute approximate surface area is 224 Å². The number of piperidine rings is 1. The van der Waals surface area contributed by atoms with Gasteiger partial charge in [-0.25, -0.2) is 4.98 Å². The quantitative estimate of drug-likeness (QED) is 0.340. The van der Waals surface area contributed by atoms with Crippen LogP contribution in [0.3, 0.4) is 0 Å². The maximum atomic E-state index is 13.3. The second-order valence-electron chi connectivity index (χ2n) is 9.89. The minimum absolute atomic E-state index is 0.105. The Hall–Kier alpha value is -2.96. The number of rotatable bonds is 7. The van der Waals surface area contributed by atoms with E-state index < -0.39 is 47.6 Å². The molecule has 5 nitrogen and oxygen atoms in total. The van der Waals surface area contributed by atoms with Crippen LogP contribution in [-0.2, 0) is 40.6 Å². The van der Waals surface area contributed by atoms with E-state index in [1.54, 1.807) is 5.51 Å². The molecule has 2 aromatic carbocycles. The number of alkyl halides is 6. The highest BCUT2D eigenvalue weighted by Crippen LogP contribution is 2.48. The average molecular weight is 570 g/mol. The Morgan fingerprint density at radius 2 is 1.74 bits per heavy atom. The molecule has 4 atom stereocenters. The number of hydrogen-bond acceptors (Lipinski definition) is 5. The molecule has 0 radical (unpaired) electrons. The predicted molar refractivity (Wildman–Crippen MR) is 131 cm³/mol. The summed E-state index contributed by atoms with van der Waals surface area (Å²) in [5.41, 5.74) is -0.545. The molecule has 2 bridgehead atoms. The molecule has 5 rings (SSSR count). The second kappa shape index (κ2) is 10.5. The van der Waals surface area contributed by atoms with Crippen molar-refractivity contribution in [3.63, 3.8) is 0 Å². The summed E-state index contributed by atoms with van der Waals surface area (Å²) in [6, 6.07) is 10.6. The molecule has 2 aliphatic heterocycles. The van der Waals surface area contributed by atoms with Gasteiger partial charge in [0, 0.05) is 11.4 Å². The Kier molecular flexibility index (Phi) is 7.47. The van der Waals surface area contributed by atoms with Gasteiger partial charge in [0.1, 0.15) is 0 Å². The number of benzene rings is 2. The van der Waals surface area contributed by atoms with Gasteiger partial charge in [-0.2, -0.15) is 26.3 Å². The number of halogens is 6. The Balaban J connectivity index is 1.39. The molecule has 0 aliphatic carbocycles. The van der Waals surface area contributed by atoms with Crippen LogP contribution in [0.25, 0.3) is 0 Å². The smallest absolute Gasteiger partial charge is 0.371 e. The van der Waals surface area contributed by atoms with Gasteiger partial charge in [0.05, 0.1) is 53.0 Å². The van der Waals surface area contributed by atoms with Gasteiger partial charge in [-0.05, 0) is 48.6 Å². The number of ether oxygens (including phenoxy) is 1. The summed E-state index contributed by atoms with van der Waals surface area (Å²) in [7, 11) is 0. The monoisotopic (exact) mass is 569 g/mol. The average Bonchev–Trinajstić information content (AvgIpc) is 3.53. The first-order chi connectivity index (χ1) is 18.5. The van der Waals surface area contributed by atoms with Crippen molar-refractivity contribution in [2.75, 3.05) is 0 Å². The van der Waals surface area contributed by atoms with Gasteiger partial charge in [0.25, 0.3) is 0 Å². The topological polar surface area (TPSA) is 63.2 Å². The third-order valence-electron chi connectivity index (χ3n) is 7.41. The zero-order valence-electron chi connectivity index (χ0n) is 20.5. The molecule has 2 fully saturated rings. The lowest BCUT2D eigenvalue weighted by molar-refractivity contribution is -0.143. The number of thiazole rings is 1. The molecule has 39 heavy (non-hydrogen) atoms. The summed E-state index contributed by atoms with van der Waals surface area (Å²) in [6.07, 6.45) is -9.06. The maximum Gasteiger partial charge on any atom is 0.416 e. The summed E-state index contributed by atoms with van der Waals surface area (Å²) in [5.74, 6) is -0.547. The van der Waals surface area contributed by atoms with Crippen molar-refractivity contribution in [3.8, 4) is 0 Å². The normalized spacial score (nSPS) is 25.0. The lowest BCUT2D eigenvalue weighted by atomic mass is 9.80. The molecule has 0 spiro atoms. The van der Waals surface area contributed by atoms with Gasteiger partial charge in [-0.1, -0.05) is 30.3 Å². The summed E-state index contributed by atoms with van der Waals surface area (Å²) >= 11 is 1.43. The van der Waals surface area contributed by atoms with Gasteiger partial charge in [-0.3, -0.25) is 4.79 Å². The van der Waals surface area contributed by atoms with Crippen LogP contribution < -0.4 is 10.6 Å². The van der Waals surface area contributed by atoms with E-state index in [1.807, 2.05) is 35.7 Å². The summed E-state index contributed by atoms with van der Waals surface area (Å²) < 4.78 is 86.2. The lowest BCUT2D eigenvalue weighted by Crippen LogP contribution is -2.54. The molecule has 0 saturated carbocycles. The number of carbonyl (C=O) groups is 1. The molecule has 3 aromatic rings. The molecule has 2 N–H and O–H groups in total. The Morgan fingerprint density at radius 1 is 1.05 bits per heavy atom. The van der Waals surface area contributed by atoms with E-state index in [0.29, 0.717) is 37.9 Å². The van der Waals surface area contributed by atoms with Gasteiger partial charge >= 0.3 is 12.4 Å². The first-order valence-electron chi connectivity index (χ1n) is 12.3. The number of nitrogens with zero attached hydrogens (tertiary/aromatic N) is 1. The van der Waals surface area contributed by atoms with Crippen molar-refractivity contribution in [2.45, 2.75) is 62.5 Å². The highest BCUT2D eigenvalue weighted by Gasteiger charge is 2.56. The molecular formula is C27H25F6N3O2S. The Bertz CT molecular complexity index is 1270. The highest BCUT2D eigenvalue weighted by molar-refractivity contribution is 7.07. The minimum atomic E-state index is -4.94. The van der Waals surface area contributed by atoms with Crippen LogP contribution in [0.2, 0.25) is 0 Å². The largest absolute Gasteiger partial charge is 0.416 e. The van der Waals surface area contributed by atoms with Gasteiger partial charge < -0.3 is 15.4 Å². The first kappa shape index (κ1) is 27.6. The van der Waals surface area contributed by atoms with Crippen molar-refractivity contribution in [2.24, 2.45) is 5.92 Å². The highest BCUT2D eigenvalue weighted by atomic mass is 32.1. The molecule has 2 aliphatic rings. The van der Waals surface area contributed by atoms with E-state index in [0.717, 1.165) is 11.3 Å². The predicted octanol–water partition coefficient (Wildman–Crippen LogP) is 6.05. The van der Waals surface area contributed by atoms with Gasteiger partial charge in [0.15, 0.2) is 0 Å².